The molecule has 0 amide bonds. The normalized spacial score (nSPS) is 12.9. The maximum absolute atomic E-state index is 2.41. The number of rotatable bonds is 13. The van der Waals surface area contributed by atoms with Crippen LogP contribution in [0.5, 0.6) is 0 Å². The van der Waals surface area contributed by atoms with Gasteiger partial charge in [0.05, 0.1) is 0 Å². The lowest BCUT2D eigenvalue weighted by Crippen LogP contribution is -1.93. The summed E-state index contributed by atoms with van der Waals surface area (Å²) < 4.78 is 0. The largest absolute Gasteiger partial charge is 0.0654 e. The first-order valence-electron chi connectivity index (χ1n) is 8.31. The summed E-state index contributed by atoms with van der Waals surface area (Å²) in [5.74, 6) is 0.967. The summed E-state index contributed by atoms with van der Waals surface area (Å²) in [5.41, 5.74) is 0. The zero-order valence-corrected chi connectivity index (χ0v) is 12.8. The summed E-state index contributed by atoms with van der Waals surface area (Å²) in [7, 11) is 0. The first-order chi connectivity index (χ1) is 8.31. The molecule has 0 fully saturated rings. The van der Waals surface area contributed by atoms with E-state index in [9.17, 15) is 0 Å². The highest BCUT2D eigenvalue weighted by Gasteiger charge is 1.99. The molecule has 0 aliphatic heterocycles. The molecule has 0 spiro atoms. The van der Waals surface area contributed by atoms with Crippen molar-refractivity contribution in [2.75, 3.05) is 0 Å². The maximum atomic E-state index is 2.41. The van der Waals surface area contributed by atoms with Crippen molar-refractivity contribution < 1.29 is 0 Å². The highest BCUT2D eigenvalue weighted by atomic mass is 14.1. The van der Waals surface area contributed by atoms with Gasteiger partial charge in [-0.05, 0) is 5.92 Å². The number of hydrogen-bond donors (Lipinski definition) is 0. The molecule has 0 saturated carbocycles. The fraction of sp³-hybridized carbons (Fsp3) is 1.00. The molecular formula is C17H36. The lowest BCUT2D eigenvalue weighted by atomic mass is 9.98. The molecule has 0 heteroatoms. The molecule has 0 rings (SSSR count). The SMILES string of the molecule is CCCCCCCCCCCCC(C)CCC. The van der Waals surface area contributed by atoms with Crippen LogP contribution in [0, 0.1) is 5.92 Å². The second-order valence-corrected chi connectivity index (χ2v) is 5.86. The van der Waals surface area contributed by atoms with Gasteiger partial charge in [-0.2, -0.15) is 0 Å². The van der Waals surface area contributed by atoms with Gasteiger partial charge in [0.1, 0.15) is 0 Å². The van der Waals surface area contributed by atoms with Crippen molar-refractivity contribution in [2.24, 2.45) is 5.92 Å². The van der Waals surface area contributed by atoms with E-state index < -0.39 is 0 Å². The zero-order valence-electron chi connectivity index (χ0n) is 12.8. The van der Waals surface area contributed by atoms with Crippen LogP contribution >= 0.6 is 0 Å². The van der Waals surface area contributed by atoms with Crippen LogP contribution in [0.2, 0.25) is 0 Å². The van der Waals surface area contributed by atoms with Gasteiger partial charge < -0.3 is 0 Å². The van der Waals surface area contributed by atoms with Gasteiger partial charge in [0.25, 0.3) is 0 Å². The van der Waals surface area contributed by atoms with Gasteiger partial charge in [-0.15, -0.1) is 0 Å². The van der Waals surface area contributed by atoms with Crippen molar-refractivity contribution in [2.45, 2.75) is 104 Å². The summed E-state index contributed by atoms with van der Waals surface area (Å²) in [4.78, 5) is 0. The second kappa shape index (κ2) is 14.1. The van der Waals surface area contributed by atoms with Crippen LogP contribution in [-0.4, -0.2) is 0 Å². The van der Waals surface area contributed by atoms with E-state index >= 15 is 0 Å². The summed E-state index contributed by atoms with van der Waals surface area (Å²) >= 11 is 0. The molecular weight excluding hydrogens is 204 g/mol. The average molecular weight is 240 g/mol. The molecule has 0 aromatic heterocycles. The van der Waals surface area contributed by atoms with Gasteiger partial charge in [0, 0.05) is 0 Å². The van der Waals surface area contributed by atoms with Gasteiger partial charge in [-0.3, -0.25) is 0 Å². The Labute approximate surface area is 111 Å². The molecule has 104 valence electrons. The summed E-state index contributed by atoms with van der Waals surface area (Å²) in [6.07, 6.45) is 18.9. The summed E-state index contributed by atoms with van der Waals surface area (Å²) in [6.45, 7) is 7.01. The fourth-order valence-corrected chi connectivity index (χ4v) is 2.62. The van der Waals surface area contributed by atoms with Crippen molar-refractivity contribution in [1.29, 1.82) is 0 Å². The minimum Gasteiger partial charge on any atom is -0.0654 e. The minimum absolute atomic E-state index is 0.967. The summed E-state index contributed by atoms with van der Waals surface area (Å²) in [6, 6.07) is 0. The molecule has 0 aromatic rings. The van der Waals surface area contributed by atoms with Crippen LogP contribution in [0.15, 0.2) is 0 Å². The molecule has 1 atom stereocenters. The van der Waals surface area contributed by atoms with E-state index in [-0.39, 0.29) is 0 Å². The Morgan fingerprint density at radius 3 is 1.47 bits per heavy atom. The lowest BCUT2D eigenvalue weighted by Gasteiger charge is -2.09. The van der Waals surface area contributed by atoms with E-state index in [4.69, 9.17) is 0 Å². The third kappa shape index (κ3) is 13.9. The Balaban J connectivity index is 2.98. The Morgan fingerprint density at radius 1 is 0.529 bits per heavy atom. The van der Waals surface area contributed by atoms with E-state index in [1.165, 1.54) is 83.5 Å². The molecule has 0 nitrogen and oxygen atoms in total. The van der Waals surface area contributed by atoms with Crippen molar-refractivity contribution in [3.05, 3.63) is 0 Å². The Morgan fingerprint density at radius 2 is 1.00 bits per heavy atom. The lowest BCUT2D eigenvalue weighted by molar-refractivity contribution is 0.450. The Bertz CT molecular complexity index is 128. The molecule has 1 unspecified atom stereocenters. The van der Waals surface area contributed by atoms with E-state index in [1.54, 1.807) is 0 Å². The Hall–Kier alpha value is 0. The average Bonchev–Trinajstić information content (AvgIpc) is 2.32. The quantitative estimate of drug-likeness (QED) is 0.313. The van der Waals surface area contributed by atoms with Crippen molar-refractivity contribution in [3.8, 4) is 0 Å². The van der Waals surface area contributed by atoms with E-state index in [1.807, 2.05) is 0 Å². The van der Waals surface area contributed by atoms with Gasteiger partial charge in [-0.25, -0.2) is 0 Å². The molecule has 0 N–H and O–H groups in total. The highest BCUT2D eigenvalue weighted by molar-refractivity contribution is 4.53. The molecule has 0 saturated heterocycles. The highest BCUT2D eigenvalue weighted by Crippen LogP contribution is 2.16. The molecule has 0 aliphatic rings. The monoisotopic (exact) mass is 240 g/mol. The molecule has 0 aliphatic carbocycles. The van der Waals surface area contributed by atoms with Gasteiger partial charge in [0.15, 0.2) is 0 Å². The molecule has 0 bridgehead atoms. The number of hydrogen-bond acceptors (Lipinski definition) is 0. The van der Waals surface area contributed by atoms with Gasteiger partial charge in [0.2, 0.25) is 0 Å². The minimum atomic E-state index is 0.967. The third-order valence-corrected chi connectivity index (χ3v) is 3.83. The van der Waals surface area contributed by atoms with Crippen LogP contribution in [0.1, 0.15) is 104 Å². The van der Waals surface area contributed by atoms with Crippen molar-refractivity contribution in [1.82, 2.24) is 0 Å². The zero-order chi connectivity index (χ0) is 12.8. The standard InChI is InChI=1S/C17H36/c1-4-6-7-8-9-10-11-12-13-14-16-17(3)15-5-2/h17H,4-16H2,1-3H3. The maximum Gasteiger partial charge on any atom is -0.0443 e. The van der Waals surface area contributed by atoms with Crippen LogP contribution in [-0.2, 0) is 0 Å². The van der Waals surface area contributed by atoms with Crippen molar-refractivity contribution in [3.63, 3.8) is 0 Å². The van der Waals surface area contributed by atoms with Gasteiger partial charge in [-0.1, -0.05) is 104 Å². The van der Waals surface area contributed by atoms with Gasteiger partial charge >= 0.3 is 0 Å². The second-order valence-electron chi connectivity index (χ2n) is 5.86. The first-order valence-corrected chi connectivity index (χ1v) is 8.31. The van der Waals surface area contributed by atoms with Crippen molar-refractivity contribution >= 4 is 0 Å². The Kier molecular flexibility index (Phi) is 14.1. The summed E-state index contributed by atoms with van der Waals surface area (Å²) in [5, 5.41) is 0. The predicted molar refractivity (Wildman–Crippen MR) is 80.5 cm³/mol. The van der Waals surface area contributed by atoms with Crippen LogP contribution < -0.4 is 0 Å². The first kappa shape index (κ1) is 17.0. The number of unbranched alkanes of at least 4 members (excludes halogenated alkanes) is 9. The van der Waals surface area contributed by atoms with E-state index in [0.717, 1.165) is 5.92 Å². The molecule has 0 heterocycles. The third-order valence-electron chi connectivity index (χ3n) is 3.83. The van der Waals surface area contributed by atoms with Crippen LogP contribution in [0.3, 0.4) is 0 Å². The smallest absolute Gasteiger partial charge is 0.0443 e. The van der Waals surface area contributed by atoms with E-state index in [0.29, 0.717) is 0 Å². The van der Waals surface area contributed by atoms with Crippen LogP contribution in [0.25, 0.3) is 0 Å². The predicted octanol–water partition coefficient (Wildman–Crippen LogP) is 6.73. The topological polar surface area (TPSA) is 0 Å². The van der Waals surface area contributed by atoms with Crippen LogP contribution in [0.4, 0.5) is 0 Å². The molecule has 0 aromatic carbocycles. The molecule has 17 heavy (non-hydrogen) atoms. The molecule has 0 radical (unpaired) electrons. The fourth-order valence-electron chi connectivity index (χ4n) is 2.62. The van der Waals surface area contributed by atoms with E-state index in [2.05, 4.69) is 20.8 Å².